The van der Waals surface area contributed by atoms with Crippen molar-refractivity contribution in [3.8, 4) is 0 Å². The molecule has 180 valence electrons. The Morgan fingerprint density at radius 3 is 1.50 bits per heavy atom. The third-order valence-electron chi connectivity index (χ3n) is 4.80. The quantitative estimate of drug-likeness (QED) is 0.185. The third kappa shape index (κ3) is 15.6. The number of rotatable bonds is 18. The predicted molar refractivity (Wildman–Crippen MR) is 132 cm³/mol. The largest absolute Gasteiger partial charge is 0.479 e. The van der Waals surface area contributed by atoms with E-state index in [4.69, 9.17) is 4.74 Å². The molecular formula is C27H42O5. The second kappa shape index (κ2) is 20.7. The summed E-state index contributed by atoms with van der Waals surface area (Å²) in [6.07, 6.45) is 27.6. The minimum absolute atomic E-state index is 0.240. The van der Waals surface area contributed by atoms with Gasteiger partial charge in [-0.15, -0.1) is 0 Å². The van der Waals surface area contributed by atoms with Crippen LogP contribution in [-0.4, -0.2) is 40.3 Å². The molecule has 0 rings (SSSR count). The zero-order valence-electron chi connectivity index (χ0n) is 19.8. The summed E-state index contributed by atoms with van der Waals surface area (Å²) in [6, 6.07) is 0. The van der Waals surface area contributed by atoms with Gasteiger partial charge >= 0.3 is 5.97 Å². The number of aliphatic hydroxyl groups excluding tert-OH is 1. The third-order valence-corrected chi connectivity index (χ3v) is 4.80. The summed E-state index contributed by atoms with van der Waals surface area (Å²) in [6.45, 7) is 5.69. The predicted octanol–water partition coefficient (Wildman–Crippen LogP) is 5.74. The molecule has 0 spiro atoms. The highest BCUT2D eigenvalue weighted by atomic mass is 16.5. The number of carboxylic acid groups (broad SMARTS) is 1. The van der Waals surface area contributed by atoms with Gasteiger partial charge in [0, 0.05) is 18.4 Å². The summed E-state index contributed by atoms with van der Waals surface area (Å²) in [7, 11) is 0. The molecule has 5 nitrogen and oxygen atoms in total. The minimum Gasteiger partial charge on any atom is -0.479 e. The molecule has 0 heterocycles. The number of ether oxygens (including phenoxy) is 1. The zero-order valence-corrected chi connectivity index (χ0v) is 19.8. The van der Waals surface area contributed by atoms with Crippen LogP contribution in [0.4, 0.5) is 0 Å². The number of aliphatic carboxylic acids is 1. The summed E-state index contributed by atoms with van der Waals surface area (Å²) < 4.78 is 5.31. The van der Waals surface area contributed by atoms with Crippen LogP contribution in [-0.2, 0) is 9.53 Å². The molecule has 3 N–H and O–H groups in total. The molecule has 3 unspecified atom stereocenters. The smallest absolute Gasteiger partial charge is 0.333 e. The molecule has 0 saturated heterocycles. The van der Waals surface area contributed by atoms with Crippen molar-refractivity contribution in [1.29, 1.82) is 0 Å². The molecule has 32 heavy (non-hydrogen) atoms. The summed E-state index contributed by atoms with van der Waals surface area (Å²) in [5, 5.41) is 28.3. The molecule has 0 aliphatic rings. The molecule has 0 aromatic heterocycles. The molecule has 0 aromatic rings. The number of carbonyl (C=O) groups is 1. The molecule has 0 aliphatic carbocycles. The summed E-state index contributed by atoms with van der Waals surface area (Å²) in [5.74, 6) is -2.40. The summed E-state index contributed by atoms with van der Waals surface area (Å²) >= 11 is 0. The second-order valence-corrected chi connectivity index (χ2v) is 7.44. The van der Waals surface area contributed by atoms with Gasteiger partial charge in [0.1, 0.15) is 0 Å². The van der Waals surface area contributed by atoms with Crippen molar-refractivity contribution >= 4 is 5.97 Å². The van der Waals surface area contributed by atoms with E-state index in [1.165, 1.54) is 0 Å². The van der Waals surface area contributed by atoms with Gasteiger partial charge in [-0.25, -0.2) is 4.79 Å². The Bertz CT molecular complexity index is 640. The van der Waals surface area contributed by atoms with Gasteiger partial charge in [-0.1, -0.05) is 86.8 Å². The van der Waals surface area contributed by atoms with Gasteiger partial charge in [0.05, 0.1) is 0 Å². The van der Waals surface area contributed by atoms with Crippen LogP contribution in [0.2, 0.25) is 0 Å². The fourth-order valence-corrected chi connectivity index (χ4v) is 2.94. The molecule has 0 saturated carbocycles. The first-order valence-corrected chi connectivity index (χ1v) is 11.6. The molecule has 0 fully saturated rings. The van der Waals surface area contributed by atoms with Crippen LogP contribution in [0.3, 0.4) is 0 Å². The van der Waals surface area contributed by atoms with Crippen molar-refractivity contribution in [3.63, 3.8) is 0 Å². The van der Waals surface area contributed by atoms with Crippen LogP contribution >= 0.6 is 0 Å². The monoisotopic (exact) mass is 446 g/mol. The van der Waals surface area contributed by atoms with Crippen LogP contribution in [0.1, 0.15) is 59.3 Å². The SMILES string of the molecule is CCC=CCC=CCC=CCC=CCC=CCC=CC(C(OCC)C(=O)O)C(C)C(O)O. The molecule has 0 aliphatic heterocycles. The van der Waals surface area contributed by atoms with Gasteiger partial charge in [-0.3, -0.25) is 0 Å². The Morgan fingerprint density at radius 2 is 1.16 bits per heavy atom. The molecule has 0 radical (unpaired) electrons. The highest BCUT2D eigenvalue weighted by molar-refractivity contribution is 5.73. The number of aliphatic hydroxyl groups is 2. The van der Waals surface area contributed by atoms with E-state index < -0.39 is 30.2 Å². The molecule has 0 amide bonds. The van der Waals surface area contributed by atoms with E-state index in [-0.39, 0.29) is 6.61 Å². The first-order chi connectivity index (χ1) is 15.5. The number of hydrogen-bond acceptors (Lipinski definition) is 4. The first-order valence-electron chi connectivity index (χ1n) is 11.6. The molecule has 3 atom stereocenters. The van der Waals surface area contributed by atoms with E-state index in [0.717, 1.165) is 32.1 Å². The van der Waals surface area contributed by atoms with Crippen molar-refractivity contribution in [1.82, 2.24) is 0 Å². The summed E-state index contributed by atoms with van der Waals surface area (Å²) in [4.78, 5) is 11.5. The van der Waals surface area contributed by atoms with Gasteiger partial charge in [-0.05, 0) is 45.4 Å². The van der Waals surface area contributed by atoms with E-state index in [0.29, 0.717) is 6.42 Å². The lowest BCUT2D eigenvalue weighted by atomic mass is 9.87. The highest BCUT2D eigenvalue weighted by Gasteiger charge is 2.33. The topological polar surface area (TPSA) is 87.0 Å². The maximum atomic E-state index is 11.5. The van der Waals surface area contributed by atoms with Crippen LogP contribution in [0.15, 0.2) is 72.9 Å². The molecule has 0 bridgehead atoms. The second-order valence-electron chi connectivity index (χ2n) is 7.44. The maximum absolute atomic E-state index is 11.5. The van der Waals surface area contributed by atoms with E-state index in [1.54, 1.807) is 19.9 Å². The minimum atomic E-state index is -1.61. The Morgan fingerprint density at radius 1 is 0.750 bits per heavy atom. The van der Waals surface area contributed by atoms with Crippen molar-refractivity contribution < 1.29 is 24.9 Å². The lowest BCUT2D eigenvalue weighted by molar-refractivity contribution is -0.159. The Balaban J connectivity index is 4.31. The standard InChI is InChI=1S/C27H42O5/c1-4-6-7-8-9-10-11-12-13-14-15-16-17-18-19-20-21-22-24(23(3)26(28)29)25(27(30)31)32-5-2/h6-7,9-10,12-13,15-16,18-19,21-26,28-29H,4-5,8,11,14,17,20H2,1-3H3,(H,30,31). The average molecular weight is 447 g/mol. The normalized spacial score (nSPS) is 16.1. The lowest BCUT2D eigenvalue weighted by Crippen LogP contribution is -2.39. The van der Waals surface area contributed by atoms with Crippen LogP contribution < -0.4 is 0 Å². The van der Waals surface area contributed by atoms with E-state index in [2.05, 4.69) is 55.5 Å². The van der Waals surface area contributed by atoms with Crippen molar-refractivity contribution in [2.75, 3.05) is 6.61 Å². The van der Waals surface area contributed by atoms with Gasteiger partial charge in [0.2, 0.25) is 0 Å². The lowest BCUT2D eigenvalue weighted by Gasteiger charge is -2.27. The van der Waals surface area contributed by atoms with Crippen molar-refractivity contribution in [2.45, 2.75) is 71.7 Å². The fourth-order valence-electron chi connectivity index (χ4n) is 2.94. The first kappa shape index (κ1) is 29.8. The van der Waals surface area contributed by atoms with E-state index >= 15 is 0 Å². The van der Waals surface area contributed by atoms with Crippen LogP contribution in [0, 0.1) is 11.8 Å². The van der Waals surface area contributed by atoms with Gasteiger partial charge in [0.15, 0.2) is 12.4 Å². The average Bonchev–Trinajstić information content (AvgIpc) is 2.76. The van der Waals surface area contributed by atoms with E-state index in [9.17, 15) is 20.1 Å². The van der Waals surface area contributed by atoms with Crippen LogP contribution in [0.5, 0.6) is 0 Å². The fraction of sp³-hybridized carbons (Fsp3) is 0.519. The van der Waals surface area contributed by atoms with Crippen molar-refractivity contribution in [3.05, 3.63) is 72.9 Å². The van der Waals surface area contributed by atoms with Crippen molar-refractivity contribution in [2.24, 2.45) is 11.8 Å². The Kier molecular flexibility index (Phi) is 19.3. The molecular weight excluding hydrogens is 404 g/mol. The number of hydrogen-bond donors (Lipinski definition) is 3. The number of allylic oxidation sites excluding steroid dienone is 11. The number of carboxylic acids is 1. The Hall–Kier alpha value is -2.21. The van der Waals surface area contributed by atoms with Gasteiger partial charge in [-0.2, -0.15) is 0 Å². The van der Waals surface area contributed by atoms with E-state index in [1.807, 2.05) is 18.2 Å². The summed E-state index contributed by atoms with van der Waals surface area (Å²) in [5.41, 5.74) is 0. The van der Waals surface area contributed by atoms with Gasteiger partial charge in [0.25, 0.3) is 0 Å². The molecule has 0 aromatic carbocycles. The zero-order chi connectivity index (χ0) is 24.0. The maximum Gasteiger partial charge on any atom is 0.333 e. The van der Waals surface area contributed by atoms with Gasteiger partial charge < -0.3 is 20.1 Å². The van der Waals surface area contributed by atoms with Crippen LogP contribution in [0.25, 0.3) is 0 Å². The Labute approximate surface area is 194 Å². The molecule has 5 heteroatoms. The highest BCUT2D eigenvalue weighted by Crippen LogP contribution is 2.23.